The van der Waals surface area contributed by atoms with Crippen LogP contribution in [0, 0.1) is 5.92 Å². The number of guanidine groups is 1. The van der Waals surface area contributed by atoms with Crippen LogP contribution in [-0.4, -0.2) is 38.0 Å². The second-order valence-corrected chi connectivity index (χ2v) is 5.05. The van der Waals surface area contributed by atoms with E-state index >= 15 is 0 Å². The third kappa shape index (κ3) is 14.6. The summed E-state index contributed by atoms with van der Waals surface area (Å²) in [7, 11) is 0. The van der Waals surface area contributed by atoms with E-state index in [1.807, 2.05) is 0 Å². The highest BCUT2D eigenvalue weighted by Crippen LogP contribution is 2.02. The van der Waals surface area contributed by atoms with Crippen LogP contribution in [0.15, 0.2) is 4.99 Å². The van der Waals surface area contributed by atoms with Gasteiger partial charge >= 0.3 is 0 Å². The van der Waals surface area contributed by atoms with Crippen LogP contribution >= 0.6 is 0 Å². The Morgan fingerprint density at radius 3 is 2.47 bits per heavy atom. The van der Waals surface area contributed by atoms with Gasteiger partial charge in [0, 0.05) is 19.5 Å². The van der Waals surface area contributed by atoms with Crippen molar-refractivity contribution in [3.8, 4) is 0 Å². The number of aliphatic imine (C=N–C) groups is 1. The van der Waals surface area contributed by atoms with Crippen molar-refractivity contribution in [2.45, 2.75) is 39.5 Å². The highest BCUT2D eigenvalue weighted by Gasteiger charge is 2.01. The van der Waals surface area contributed by atoms with Crippen LogP contribution in [0.25, 0.3) is 0 Å². The van der Waals surface area contributed by atoms with Gasteiger partial charge in [-0.25, -0.2) is 0 Å². The lowest BCUT2D eigenvalue weighted by Gasteiger charge is -2.07. The van der Waals surface area contributed by atoms with Crippen LogP contribution in [0.1, 0.15) is 39.5 Å². The van der Waals surface area contributed by atoms with Crippen molar-refractivity contribution >= 4 is 11.9 Å². The van der Waals surface area contributed by atoms with E-state index in [1.54, 1.807) is 0 Å². The van der Waals surface area contributed by atoms with E-state index in [9.17, 15) is 4.79 Å². The number of carbonyl (C=O) groups excluding carboxylic acids is 1. The van der Waals surface area contributed by atoms with Gasteiger partial charge < -0.3 is 22.1 Å². The SMILES string of the molecule is CC(C)CCC(=O)NCCCNCCCN=C(N)N. The second kappa shape index (κ2) is 11.8. The Morgan fingerprint density at radius 1 is 1.16 bits per heavy atom. The molecular weight excluding hydrogens is 242 g/mol. The quantitative estimate of drug-likeness (QED) is 0.244. The monoisotopic (exact) mass is 271 g/mol. The lowest BCUT2D eigenvalue weighted by atomic mass is 10.1. The minimum Gasteiger partial charge on any atom is -0.370 e. The van der Waals surface area contributed by atoms with Gasteiger partial charge in [0.05, 0.1) is 0 Å². The van der Waals surface area contributed by atoms with Crippen LogP contribution in [0.5, 0.6) is 0 Å². The van der Waals surface area contributed by atoms with Crippen LogP contribution in [-0.2, 0) is 4.79 Å². The fraction of sp³-hybridized carbons (Fsp3) is 0.846. The highest BCUT2D eigenvalue weighted by atomic mass is 16.1. The summed E-state index contributed by atoms with van der Waals surface area (Å²) in [4.78, 5) is 15.3. The van der Waals surface area contributed by atoms with E-state index in [1.165, 1.54) is 0 Å². The van der Waals surface area contributed by atoms with Crippen molar-refractivity contribution in [2.24, 2.45) is 22.4 Å². The molecule has 0 saturated carbocycles. The van der Waals surface area contributed by atoms with Gasteiger partial charge in [-0.3, -0.25) is 9.79 Å². The lowest BCUT2D eigenvalue weighted by Crippen LogP contribution is -2.28. The number of rotatable bonds is 11. The topological polar surface area (TPSA) is 106 Å². The first-order valence-corrected chi connectivity index (χ1v) is 7.05. The molecule has 0 aromatic carbocycles. The van der Waals surface area contributed by atoms with E-state index in [4.69, 9.17) is 11.5 Å². The van der Waals surface area contributed by atoms with Crippen molar-refractivity contribution < 1.29 is 4.79 Å². The standard InChI is InChI=1S/C13H29N5O/c1-11(2)5-6-12(19)17-9-3-7-16-8-4-10-18-13(14)15/h11,16H,3-10H2,1-2H3,(H,17,19)(H4,14,15,18). The van der Waals surface area contributed by atoms with Gasteiger partial charge in [-0.05, 0) is 38.3 Å². The average Bonchev–Trinajstić information content (AvgIpc) is 2.34. The predicted molar refractivity (Wildman–Crippen MR) is 79.9 cm³/mol. The van der Waals surface area contributed by atoms with Gasteiger partial charge in [0.25, 0.3) is 0 Å². The molecule has 0 heterocycles. The molecule has 0 aromatic rings. The van der Waals surface area contributed by atoms with E-state index in [0.29, 0.717) is 18.9 Å². The minimum absolute atomic E-state index is 0.143. The zero-order valence-electron chi connectivity index (χ0n) is 12.2. The van der Waals surface area contributed by atoms with Crippen LogP contribution < -0.4 is 22.1 Å². The zero-order chi connectivity index (χ0) is 14.5. The van der Waals surface area contributed by atoms with Crippen molar-refractivity contribution in [3.63, 3.8) is 0 Å². The molecule has 0 atom stereocenters. The summed E-state index contributed by atoms with van der Waals surface area (Å²) >= 11 is 0. The third-order valence-corrected chi connectivity index (χ3v) is 2.61. The van der Waals surface area contributed by atoms with Crippen LogP contribution in [0.4, 0.5) is 0 Å². The molecule has 6 nitrogen and oxygen atoms in total. The van der Waals surface area contributed by atoms with Crippen molar-refractivity contribution in [1.29, 1.82) is 0 Å². The Kier molecular flexibility index (Phi) is 11.0. The first-order chi connectivity index (χ1) is 9.02. The molecule has 6 N–H and O–H groups in total. The van der Waals surface area contributed by atoms with Crippen molar-refractivity contribution in [1.82, 2.24) is 10.6 Å². The fourth-order valence-electron chi connectivity index (χ4n) is 1.49. The average molecular weight is 271 g/mol. The molecule has 0 bridgehead atoms. The summed E-state index contributed by atoms with van der Waals surface area (Å²) in [6, 6.07) is 0. The molecule has 0 radical (unpaired) electrons. The van der Waals surface area contributed by atoms with E-state index < -0.39 is 0 Å². The van der Waals surface area contributed by atoms with E-state index in [-0.39, 0.29) is 11.9 Å². The largest absolute Gasteiger partial charge is 0.370 e. The fourth-order valence-corrected chi connectivity index (χ4v) is 1.49. The molecular formula is C13H29N5O. The molecule has 6 heteroatoms. The summed E-state index contributed by atoms with van der Waals surface area (Å²) < 4.78 is 0. The molecule has 0 aromatic heterocycles. The predicted octanol–water partition coefficient (Wildman–Crippen LogP) is 0.182. The van der Waals surface area contributed by atoms with Gasteiger partial charge in [0.2, 0.25) is 5.91 Å². The maximum Gasteiger partial charge on any atom is 0.220 e. The molecule has 0 rings (SSSR count). The molecule has 0 fully saturated rings. The highest BCUT2D eigenvalue weighted by molar-refractivity contribution is 5.76. The molecule has 0 saturated heterocycles. The maximum atomic E-state index is 11.4. The van der Waals surface area contributed by atoms with Crippen molar-refractivity contribution in [2.75, 3.05) is 26.2 Å². The normalized spacial score (nSPS) is 10.5. The third-order valence-electron chi connectivity index (χ3n) is 2.61. The Labute approximate surface area is 116 Å². The number of nitrogens with two attached hydrogens (primary N) is 2. The number of nitrogens with one attached hydrogen (secondary N) is 2. The number of hydrogen-bond acceptors (Lipinski definition) is 3. The Hall–Kier alpha value is -1.30. The Balaban J connectivity index is 3.22. The van der Waals surface area contributed by atoms with Crippen molar-refractivity contribution in [3.05, 3.63) is 0 Å². The Morgan fingerprint density at radius 2 is 1.84 bits per heavy atom. The first kappa shape index (κ1) is 17.7. The summed E-state index contributed by atoms with van der Waals surface area (Å²) in [6.07, 6.45) is 3.44. The number of amides is 1. The smallest absolute Gasteiger partial charge is 0.220 e. The maximum absolute atomic E-state index is 11.4. The molecule has 0 aliphatic heterocycles. The summed E-state index contributed by atoms with van der Waals surface area (Å²) in [6.45, 7) is 7.42. The van der Waals surface area contributed by atoms with Gasteiger partial charge in [-0.2, -0.15) is 0 Å². The van der Waals surface area contributed by atoms with Gasteiger partial charge in [-0.15, -0.1) is 0 Å². The molecule has 0 unspecified atom stereocenters. The van der Waals surface area contributed by atoms with Gasteiger partial charge in [-0.1, -0.05) is 13.8 Å². The van der Waals surface area contributed by atoms with Gasteiger partial charge in [0.15, 0.2) is 5.96 Å². The number of nitrogens with zero attached hydrogens (tertiary/aromatic N) is 1. The molecule has 0 aliphatic rings. The van der Waals surface area contributed by atoms with Gasteiger partial charge in [0.1, 0.15) is 0 Å². The molecule has 0 aliphatic carbocycles. The zero-order valence-corrected chi connectivity index (χ0v) is 12.2. The minimum atomic E-state index is 0.143. The molecule has 112 valence electrons. The number of carbonyl (C=O) groups is 1. The summed E-state index contributed by atoms with van der Waals surface area (Å²) in [5, 5.41) is 6.20. The van der Waals surface area contributed by atoms with E-state index in [2.05, 4.69) is 29.5 Å². The second-order valence-electron chi connectivity index (χ2n) is 5.05. The summed E-state index contributed by atoms with van der Waals surface area (Å²) in [5.41, 5.74) is 10.4. The molecule has 0 spiro atoms. The van der Waals surface area contributed by atoms with E-state index in [0.717, 1.165) is 38.9 Å². The number of hydrogen-bond donors (Lipinski definition) is 4. The summed E-state index contributed by atoms with van der Waals surface area (Å²) in [5.74, 6) is 0.878. The van der Waals surface area contributed by atoms with Crippen LogP contribution in [0.3, 0.4) is 0 Å². The Bertz CT molecular complexity index is 262. The lowest BCUT2D eigenvalue weighted by molar-refractivity contribution is -0.121. The van der Waals surface area contributed by atoms with Crippen LogP contribution in [0.2, 0.25) is 0 Å². The molecule has 1 amide bonds. The first-order valence-electron chi connectivity index (χ1n) is 7.05. The molecule has 19 heavy (non-hydrogen) atoms.